The van der Waals surface area contributed by atoms with Gasteiger partial charge in [-0.15, -0.1) is 0 Å². The maximum absolute atomic E-state index is 12.7. The van der Waals surface area contributed by atoms with Crippen molar-refractivity contribution in [1.82, 2.24) is 0 Å². The molecule has 0 N–H and O–H groups in total. The summed E-state index contributed by atoms with van der Waals surface area (Å²) in [6.45, 7) is 4.62. The zero-order chi connectivity index (χ0) is 41.4. The minimum atomic E-state index is -1.13. The monoisotopic (exact) mass is 790 g/mol. The number of carbonyl (C=O) groups is 3. The zero-order valence-electron chi connectivity index (χ0n) is 37.1. The maximum atomic E-state index is 12.7. The molecule has 0 aliphatic carbocycles. The number of carbonyl (C=O) groups excluding carboxylic acids is 3. The fourth-order valence-corrected chi connectivity index (χ4v) is 6.64. The average Bonchev–Trinajstić information content (AvgIpc) is 3.15. The Kier molecular flexibility index (Phi) is 37.7. The number of hydrogen-bond acceptors (Lipinski definition) is 7. The molecule has 56 heavy (non-hydrogen) atoms. The second kappa shape index (κ2) is 39.4. The third-order valence-corrected chi connectivity index (χ3v) is 10.3. The van der Waals surface area contributed by atoms with Crippen molar-refractivity contribution in [3.63, 3.8) is 0 Å². The molecule has 2 atom stereocenters. The lowest BCUT2D eigenvalue weighted by molar-refractivity contribution is -0.889. The molecule has 0 fully saturated rings. The van der Waals surface area contributed by atoms with Gasteiger partial charge in [-0.3, -0.25) is 9.59 Å². The second-order valence-electron chi connectivity index (χ2n) is 16.7. The van der Waals surface area contributed by atoms with Gasteiger partial charge in [-0.05, 0) is 64.2 Å². The molecular weight excluding hydrogens is 703 g/mol. The molecule has 0 bridgehead atoms. The molecule has 0 aliphatic rings. The Bertz CT molecular complexity index is 1020. The fourth-order valence-electron chi connectivity index (χ4n) is 6.64. The van der Waals surface area contributed by atoms with Crippen LogP contribution in [0, 0.1) is 0 Å². The molecular formula is C48H87NO7. The number of quaternary nitrogens is 1. The number of nitrogens with zero attached hydrogens (tertiary/aromatic N) is 1. The fraction of sp³-hybridized carbons (Fsp3) is 0.812. The molecule has 0 amide bonds. The molecule has 0 radical (unpaired) electrons. The number of hydrogen-bond donors (Lipinski definition) is 0. The van der Waals surface area contributed by atoms with Crippen molar-refractivity contribution >= 4 is 17.9 Å². The van der Waals surface area contributed by atoms with E-state index in [0.717, 1.165) is 64.2 Å². The van der Waals surface area contributed by atoms with Crippen LogP contribution in [0.5, 0.6) is 0 Å². The molecule has 8 heteroatoms. The van der Waals surface area contributed by atoms with Gasteiger partial charge < -0.3 is 28.6 Å². The first-order valence-electron chi connectivity index (χ1n) is 23.0. The van der Waals surface area contributed by atoms with Gasteiger partial charge in [-0.1, -0.05) is 153 Å². The van der Waals surface area contributed by atoms with Gasteiger partial charge in [0, 0.05) is 19.3 Å². The molecule has 2 unspecified atom stereocenters. The quantitative estimate of drug-likeness (QED) is 0.0200. The molecule has 0 saturated heterocycles. The van der Waals surface area contributed by atoms with Crippen molar-refractivity contribution in [1.29, 1.82) is 0 Å². The topological polar surface area (TPSA) is 102 Å². The number of ether oxygens (including phenoxy) is 3. The largest absolute Gasteiger partial charge is 0.544 e. The minimum Gasteiger partial charge on any atom is -0.544 e. The summed E-state index contributed by atoms with van der Waals surface area (Å²) in [6, 6.07) is -0.730. The van der Waals surface area contributed by atoms with Gasteiger partial charge in [0.1, 0.15) is 12.6 Å². The first kappa shape index (κ1) is 53.6. The van der Waals surface area contributed by atoms with Crippen LogP contribution in [-0.2, 0) is 28.6 Å². The first-order valence-corrected chi connectivity index (χ1v) is 23.0. The van der Waals surface area contributed by atoms with Gasteiger partial charge in [0.2, 0.25) is 0 Å². The lowest BCUT2D eigenvalue weighted by atomic mass is 10.1. The molecule has 0 aromatic heterocycles. The molecule has 0 spiro atoms. The van der Waals surface area contributed by atoms with E-state index in [-0.39, 0.29) is 42.7 Å². The van der Waals surface area contributed by atoms with Gasteiger partial charge in [0.15, 0.2) is 6.10 Å². The molecule has 8 nitrogen and oxygen atoms in total. The van der Waals surface area contributed by atoms with E-state index in [2.05, 4.69) is 50.3 Å². The van der Waals surface area contributed by atoms with Gasteiger partial charge in [-0.25, -0.2) is 0 Å². The third-order valence-electron chi connectivity index (χ3n) is 10.3. The molecule has 0 saturated carbocycles. The van der Waals surface area contributed by atoms with Crippen molar-refractivity contribution < 1.29 is 38.2 Å². The number of aliphatic carboxylic acids is 1. The van der Waals surface area contributed by atoms with E-state index >= 15 is 0 Å². The van der Waals surface area contributed by atoms with Crippen LogP contribution in [0.3, 0.4) is 0 Å². The van der Waals surface area contributed by atoms with Gasteiger partial charge >= 0.3 is 11.9 Å². The number of carboxylic acids is 1. The lowest BCUT2D eigenvalue weighted by Gasteiger charge is -2.34. The second-order valence-corrected chi connectivity index (χ2v) is 16.7. The Hall–Kier alpha value is -2.45. The third kappa shape index (κ3) is 37.1. The Morgan fingerprint density at radius 1 is 0.536 bits per heavy atom. The van der Waals surface area contributed by atoms with E-state index in [0.29, 0.717) is 12.8 Å². The normalized spacial score (nSPS) is 13.2. The number of likely N-dealkylation sites (N-methyl/N-ethyl adjacent to an activating group) is 1. The van der Waals surface area contributed by atoms with E-state index in [1.54, 1.807) is 21.1 Å². The molecule has 326 valence electrons. The van der Waals surface area contributed by atoms with E-state index in [1.807, 2.05) is 0 Å². The molecule has 0 rings (SSSR count). The van der Waals surface area contributed by atoms with Crippen molar-refractivity contribution in [3.05, 3.63) is 36.5 Å². The van der Waals surface area contributed by atoms with Crippen LogP contribution >= 0.6 is 0 Å². The van der Waals surface area contributed by atoms with Crippen LogP contribution in [0.1, 0.15) is 200 Å². The molecule has 0 heterocycles. The number of esters is 2. The summed E-state index contributed by atoms with van der Waals surface area (Å²) in [6.07, 6.45) is 44.5. The van der Waals surface area contributed by atoms with Crippen LogP contribution in [-0.4, -0.2) is 75.5 Å². The minimum absolute atomic E-state index is 0.0300. The predicted molar refractivity (Wildman–Crippen MR) is 231 cm³/mol. The SMILES string of the molecule is CCCCCCCCC/C=C/C=C/CCCCCC(=O)OCC(COCCC(C(=O)[O-])[N+](C)(C)C)OC(=O)CCCCCCC/C=C/CCCCCCCCC. The average molecular weight is 790 g/mol. The molecule has 0 aromatic carbocycles. The number of unbranched alkanes of at least 4 members (excludes halogenated alkanes) is 22. The Balaban J connectivity index is 4.38. The lowest BCUT2D eigenvalue weighted by Crippen LogP contribution is -2.55. The smallest absolute Gasteiger partial charge is 0.306 e. The van der Waals surface area contributed by atoms with Crippen LogP contribution in [0.2, 0.25) is 0 Å². The number of carboxylic acid groups (broad SMARTS) is 1. The highest BCUT2D eigenvalue weighted by Crippen LogP contribution is 2.13. The summed E-state index contributed by atoms with van der Waals surface area (Å²) < 4.78 is 17.1. The van der Waals surface area contributed by atoms with Crippen molar-refractivity contribution in [3.8, 4) is 0 Å². The highest BCUT2D eigenvalue weighted by atomic mass is 16.6. The molecule has 0 aliphatic heterocycles. The summed E-state index contributed by atoms with van der Waals surface area (Å²) in [4.78, 5) is 36.9. The summed E-state index contributed by atoms with van der Waals surface area (Å²) >= 11 is 0. The van der Waals surface area contributed by atoms with Gasteiger partial charge in [0.05, 0.1) is 40.3 Å². The van der Waals surface area contributed by atoms with Crippen LogP contribution < -0.4 is 5.11 Å². The highest BCUT2D eigenvalue weighted by molar-refractivity contribution is 5.70. The zero-order valence-corrected chi connectivity index (χ0v) is 37.1. The van der Waals surface area contributed by atoms with Crippen molar-refractivity contribution in [2.24, 2.45) is 0 Å². The van der Waals surface area contributed by atoms with Crippen molar-refractivity contribution in [2.45, 2.75) is 212 Å². The summed E-state index contributed by atoms with van der Waals surface area (Å²) in [5.74, 6) is -1.78. The van der Waals surface area contributed by atoms with E-state index in [4.69, 9.17) is 14.2 Å². The summed E-state index contributed by atoms with van der Waals surface area (Å²) in [5, 5.41) is 11.6. The summed E-state index contributed by atoms with van der Waals surface area (Å²) in [5.41, 5.74) is 0. The predicted octanol–water partition coefficient (Wildman–Crippen LogP) is 11.3. The standard InChI is InChI=1S/C48H87NO7/c1-6-8-10-12-14-16-18-20-22-24-26-28-30-32-34-36-38-46(50)55-43-44(42-54-41-40-45(48(52)53)49(3,4)5)56-47(51)39-37-35-33-31-29-27-25-23-21-19-17-15-13-11-9-7-2/h22-26,28,44-45H,6-21,27,29-43H2,1-5H3/b24-22+,25-23+,28-26+. The van der Waals surface area contributed by atoms with Crippen molar-refractivity contribution in [2.75, 3.05) is 41.0 Å². The first-order chi connectivity index (χ1) is 27.1. The Morgan fingerprint density at radius 3 is 1.41 bits per heavy atom. The van der Waals surface area contributed by atoms with Gasteiger partial charge in [0.25, 0.3) is 0 Å². The Labute approximate surface area is 344 Å². The summed E-state index contributed by atoms with van der Waals surface area (Å²) in [7, 11) is 5.40. The Morgan fingerprint density at radius 2 is 0.946 bits per heavy atom. The number of allylic oxidation sites excluding steroid dienone is 6. The van der Waals surface area contributed by atoms with E-state index < -0.39 is 18.1 Å². The van der Waals surface area contributed by atoms with Crippen LogP contribution in [0.15, 0.2) is 36.5 Å². The molecule has 0 aromatic rings. The van der Waals surface area contributed by atoms with E-state index in [1.165, 1.54) is 103 Å². The van der Waals surface area contributed by atoms with Crippen LogP contribution in [0.4, 0.5) is 0 Å². The van der Waals surface area contributed by atoms with Gasteiger partial charge in [-0.2, -0.15) is 0 Å². The number of rotatable bonds is 41. The van der Waals surface area contributed by atoms with E-state index in [9.17, 15) is 19.5 Å². The highest BCUT2D eigenvalue weighted by Gasteiger charge is 2.25. The van der Waals surface area contributed by atoms with Crippen LogP contribution in [0.25, 0.3) is 0 Å². The maximum Gasteiger partial charge on any atom is 0.306 e.